The van der Waals surface area contributed by atoms with Gasteiger partial charge in [-0.3, -0.25) is 5.43 Å². The molecule has 0 saturated heterocycles. The molecular formula is C14H12FN3S. The molecule has 96 valence electrons. The Bertz CT molecular complexity index is 567. The van der Waals surface area contributed by atoms with Gasteiger partial charge in [0, 0.05) is 5.69 Å². The molecule has 0 amide bonds. The zero-order chi connectivity index (χ0) is 13.5. The van der Waals surface area contributed by atoms with E-state index in [0.717, 1.165) is 5.56 Å². The molecular weight excluding hydrogens is 261 g/mol. The van der Waals surface area contributed by atoms with Gasteiger partial charge in [0.1, 0.15) is 5.82 Å². The summed E-state index contributed by atoms with van der Waals surface area (Å²) in [6.07, 6.45) is 1.67. The van der Waals surface area contributed by atoms with Crippen molar-refractivity contribution in [3.63, 3.8) is 0 Å². The van der Waals surface area contributed by atoms with Gasteiger partial charge in [0.25, 0.3) is 0 Å². The molecule has 0 aliphatic rings. The fourth-order valence-corrected chi connectivity index (χ4v) is 1.57. The van der Waals surface area contributed by atoms with E-state index in [-0.39, 0.29) is 5.82 Å². The highest BCUT2D eigenvalue weighted by atomic mass is 32.1. The van der Waals surface area contributed by atoms with Crippen LogP contribution in [0.2, 0.25) is 0 Å². The monoisotopic (exact) mass is 273 g/mol. The van der Waals surface area contributed by atoms with Crippen LogP contribution in [0.1, 0.15) is 5.56 Å². The van der Waals surface area contributed by atoms with E-state index < -0.39 is 0 Å². The van der Waals surface area contributed by atoms with Crippen LogP contribution in [0, 0.1) is 5.82 Å². The predicted octanol–water partition coefficient (Wildman–Crippen LogP) is 3.15. The predicted molar refractivity (Wildman–Crippen MR) is 79.8 cm³/mol. The van der Waals surface area contributed by atoms with Crippen molar-refractivity contribution in [2.75, 3.05) is 5.32 Å². The van der Waals surface area contributed by atoms with Crippen LogP contribution in [-0.2, 0) is 0 Å². The van der Waals surface area contributed by atoms with E-state index in [1.807, 2.05) is 30.3 Å². The van der Waals surface area contributed by atoms with Crippen molar-refractivity contribution in [3.05, 3.63) is 66.0 Å². The molecule has 0 fully saturated rings. The van der Waals surface area contributed by atoms with E-state index in [4.69, 9.17) is 12.2 Å². The lowest BCUT2D eigenvalue weighted by Gasteiger charge is -2.06. The van der Waals surface area contributed by atoms with Crippen molar-refractivity contribution in [1.29, 1.82) is 0 Å². The van der Waals surface area contributed by atoms with E-state index in [1.54, 1.807) is 18.3 Å². The maximum absolute atomic E-state index is 12.7. The number of thiocarbonyl (C=S) groups is 1. The van der Waals surface area contributed by atoms with Crippen LogP contribution >= 0.6 is 12.2 Å². The summed E-state index contributed by atoms with van der Waals surface area (Å²) in [4.78, 5) is 0. The Labute approximate surface area is 116 Å². The highest BCUT2D eigenvalue weighted by Crippen LogP contribution is 2.07. The number of hydrazone groups is 1. The second-order valence-electron chi connectivity index (χ2n) is 3.74. The number of rotatable bonds is 3. The summed E-state index contributed by atoms with van der Waals surface area (Å²) in [7, 11) is 0. The van der Waals surface area contributed by atoms with Crippen molar-refractivity contribution in [1.82, 2.24) is 5.43 Å². The van der Waals surface area contributed by atoms with Gasteiger partial charge in [-0.1, -0.05) is 30.3 Å². The highest BCUT2D eigenvalue weighted by molar-refractivity contribution is 7.80. The van der Waals surface area contributed by atoms with Crippen LogP contribution in [-0.4, -0.2) is 11.3 Å². The van der Waals surface area contributed by atoms with Gasteiger partial charge < -0.3 is 5.32 Å². The normalized spacial score (nSPS) is 10.4. The van der Waals surface area contributed by atoms with Gasteiger partial charge in [-0.15, -0.1) is 0 Å². The lowest BCUT2D eigenvalue weighted by Crippen LogP contribution is -2.23. The molecule has 0 radical (unpaired) electrons. The van der Waals surface area contributed by atoms with Crippen molar-refractivity contribution in [3.8, 4) is 0 Å². The van der Waals surface area contributed by atoms with Crippen LogP contribution in [0.25, 0.3) is 0 Å². The molecule has 0 atom stereocenters. The molecule has 19 heavy (non-hydrogen) atoms. The second kappa shape index (κ2) is 6.61. The summed E-state index contributed by atoms with van der Waals surface area (Å²) in [5.41, 5.74) is 4.36. The second-order valence-corrected chi connectivity index (χ2v) is 4.15. The lowest BCUT2D eigenvalue weighted by atomic mass is 10.2. The molecule has 0 aliphatic carbocycles. The largest absolute Gasteiger partial charge is 0.331 e. The maximum Gasteiger partial charge on any atom is 0.191 e. The lowest BCUT2D eigenvalue weighted by molar-refractivity contribution is 0.628. The summed E-state index contributed by atoms with van der Waals surface area (Å²) in [5.74, 6) is -0.286. The van der Waals surface area contributed by atoms with Gasteiger partial charge in [-0.25, -0.2) is 4.39 Å². The fourth-order valence-electron chi connectivity index (χ4n) is 1.40. The molecule has 2 aromatic rings. The fraction of sp³-hybridized carbons (Fsp3) is 0. The van der Waals surface area contributed by atoms with Gasteiger partial charge in [-0.2, -0.15) is 5.10 Å². The van der Waals surface area contributed by atoms with E-state index >= 15 is 0 Å². The van der Waals surface area contributed by atoms with Crippen molar-refractivity contribution in [2.45, 2.75) is 0 Å². The summed E-state index contributed by atoms with van der Waals surface area (Å²) in [5, 5.41) is 7.24. The smallest absolute Gasteiger partial charge is 0.191 e. The molecule has 0 saturated carbocycles. The van der Waals surface area contributed by atoms with Crippen LogP contribution < -0.4 is 10.7 Å². The molecule has 0 bridgehead atoms. The van der Waals surface area contributed by atoms with Crippen molar-refractivity contribution in [2.24, 2.45) is 5.10 Å². The maximum atomic E-state index is 12.7. The Morgan fingerprint density at radius 1 is 1.05 bits per heavy atom. The summed E-state index contributed by atoms with van der Waals surface area (Å²) >= 11 is 5.05. The average molecular weight is 273 g/mol. The van der Waals surface area contributed by atoms with Gasteiger partial charge in [-0.05, 0) is 42.0 Å². The van der Waals surface area contributed by atoms with E-state index in [2.05, 4.69) is 15.8 Å². The minimum Gasteiger partial charge on any atom is -0.331 e. The summed E-state index contributed by atoms with van der Waals surface area (Å²) < 4.78 is 12.7. The molecule has 0 aromatic heterocycles. The van der Waals surface area contributed by atoms with Gasteiger partial charge in [0.2, 0.25) is 0 Å². The number of hydrogen-bond donors (Lipinski definition) is 2. The van der Waals surface area contributed by atoms with E-state index in [1.165, 1.54) is 12.1 Å². The summed E-state index contributed by atoms with van der Waals surface area (Å²) in [6.45, 7) is 0. The Hall–Kier alpha value is -2.27. The first-order valence-corrected chi connectivity index (χ1v) is 6.05. The molecule has 0 aliphatic heterocycles. The number of benzene rings is 2. The zero-order valence-corrected chi connectivity index (χ0v) is 10.8. The Morgan fingerprint density at radius 3 is 2.42 bits per heavy atom. The Kier molecular flexibility index (Phi) is 4.58. The molecule has 0 unspecified atom stereocenters. The van der Waals surface area contributed by atoms with Crippen molar-refractivity contribution < 1.29 is 4.39 Å². The first kappa shape index (κ1) is 13.2. The molecule has 0 heterocycles. The molecule has 0 spiro atoms. The van der Waals surface area contributed by atoms with Crippen LogP contribution in [0.4, 0.5) is 10.1 Å². The van der Waals surface area contributed by atoms with Gasteiger partial charge in [0.05, 0.1) is 6.21 Å². The Morgan fingerprint density at radius 2 is 1.74 bits per heavy atom. The number of hydrogen-bond acceptors (Lipinski definition) is 2. The number of halogens is 1. The summed E-state index contributed by atoms with van der Waals surface area (Å²) in [6, 6.07) is 15.6. The van der Waals surface area contributed by atoms with Crippen LogP contribution in [0.3, 0.4) is 0 Å². The number of nitrogens with one attached hydrogen (secondary N) is 2. The minimum atomic E-state index is -0.286. The molecule has 2 rings (SSSR count). The van der Waals surface area contributed by atoms with Crippen LogP contribution in [0.15, 0.2) is 59.7 Å². The van der Waals surface area contributed by atoms with E-state index in [0.29, 0.717) is 10.8 Å². The van der Waals surface area contributed by atoms with Crippen LogP contribution in [0.5, 0.6) is 0 Å². The minimum absolute atomic E-state index is 0.286. The zero-order valence-electron chi connectivity index (χ0n) is 10.0. The third kappa shape index (κ3) is 4.48. The standard InChI is InChI=1S/C14H12FN3S/c15-12-6-8-13(9-7-12)17-14(19)18-16-10-11-4-2-1-3-5-11/h1-10H,(H2,17,18,19)/b16-10-. The van der Waals surface area contributed by atoms with Gasteiger partial charge >= 0.3 is 0 Å². The SMILES string of the molecule is Fc1ccc(NC(=S)N/N=C\c2ccccc2)cc1. The highest BCUT2D eigenvalue weighted by Gasteiger charge is 1.96. The third-order valence-electron chi connectivity index (χ3n) is 2.28. The third-order valence-corrected chi connectivity index (χ3v) is 2.47. The molecule has 5 heteroatoms. The van der Waals surface area contributed by atoms with Crippen molar-refractivity contribution >= 4 is 29.2 Å². The number of anilines is 1. The van der Waals surface area contributed by atoms with Gasteiger partial charge in [0.15, 0.2) is 5.11 Å². The molecule has 2 N–H and O–H groups in total. The first-order valence-electron chi connectivity index (χ1n) is 5.65. The van der Waals surface area contributed by atoms with E-state index in [9.17, 15) is 4.39 Å². The number of nitrogens with zero attached hydrogens (tertiary/aromatic N) is 1. The quantitative estimate of drug-likeness (QED) is 0.512. The topological polar surface area (TPSA) is 36.4 Å². The first-order chi connectivity index (χ1) is 9.24. The average Bonchev–Trinajstić information content (AvgIpc) is 2.43. The molecule has 2 aromatic carbocycles. The molecule has 3 nitrogen and oxygen atoms in total. The Balaban J connectivity index is 1.85.